The van der Waals surface area contributed by atoms with Gasteiger partial charge in [-0.3, -0.25) is 0 Å². The van der Waals surface area contributed by atoms with Gasteiger partial charge in [0.25, 0.3) is 0 Å². The van der Waals surface area contributed by atoms with Crippen molar-refractivity contribution in [1.82, 2.24) is 0 Å². The van der Waals surface area contributed by atoms with Crippen LogP contribution in [-0.2, 0) is 0 Å². The van der Waals surface area contributed by atoms with Gasteiger partial charge in [-0.05, 0) is 36.8 Å². The van der Waals surface area contributed by atoms with Crippen molar-refractivity contribution in [2.45, 2.75) is 19.3 Å². The second kappa shape index (κ2) is 8.70. The number of para-hydroxylation sites is 2. The van der Waals surface area contributed by atoms with Gasteiger partial charge in [0, 0.05) is 6.42 Å². The Bertz CT molecular complexity index is 646. The first-order chi connectivity index (χ1) is 11.3. The molecule has 2 aromatic carbocycles. The molecular formula is C19H21NO3. The van der Waals surface area contributed by atoms with E-state index < -0.39 is 0 Å². The van der Waals surface area contributed by atoms with E-state index in [0.717, 1.165) is 17.1 Å². The lowest BCUT2D eigenvalue weighted by Gasteiger charge is -2.14. The smallest absolute Gasteiger partial charge is 0.161 e. The van der Waals surface area contributed by atoms with E-state index in [1.165, 1.54) is 0 Å². The first kappa shape index (κ1) is 16.7. The molecule has 1 unspecified atom stereocenters. The van der Waals surface area contributed by atoms with Gasteiger partial charge in [0.2, 0.25) is 0 Å². The highest BCUT2D eigenvalue weighted by molar-refractivity contribution is 5.39. The normalized spacial score (nSPS) is 11.3. The third-order valence-corrected chi connectivity index (χ3v) is 3.49. The Morgan fingerprint density at radius 1 is 1.00 bits per heavy atom. The van der Waals surface area contributed by atoms with Crippen molar-refractivity contribution in [1.29, 1.82) is 5.26 Å². The highest BCUT2D eigenvalue weighted by Crippen LogP contribution is 2.28. The highest BCUT2D eigenvalue weighted by atomic mass is 16.5. The number of benzene rings is 2. The topological polar surface area (TPSA) is 51.5 Å². The lowest BCUT2D eigenvalue weighted by atomic mass is 9.97. The third-order valence-electron chi connectivity index (χ3n) is 3.49. The van der Waals surface area contributed by atoms with Crippen LogP contribution >= 0.6 is 0 Å². The summed E-state index contributed by atoms with van der Waals surface area (Å²) in [6.45, 7) is 2.98. The van der Waals surface area contributed by atoms with E-state index in [9.17, 15) is 5.26 Å². The van der Waals surface area contributed by atoms with Crippen molar-refractivity contribution >= 4 is 0 Å². The van der Waals surface area contributed by atoms with Crippen LogP contribution in [0.15, 0.2) is 48.5 Å². The molecule has 2 aromatic rings. The number of nitriles is 1. The van der Waals surface area contributed by atoms with Gasteiger partial charge in [-0.25, -0.2) is 0 Å². The molecule has 0 aromatic heterocycles. The van der Waals surface area contributed by atoms with Crippen LogP contribution in [0, 0.1) is 11.3 Å². The van der Waals surface area contributed by atoms with Crippen molar-refractivity contribution in [3.05, 3.63) is 54.1 Å². The summed E-state index contributed by atoms with van der Waals surface area (Å²) in [6.07, 6.45) is 0.614. The van der Waals surface area contributed by atoms with E-state index in [1.807, 2.05) is 55.5 Å². The Labute approximate surface area is 137 Å². The zero-order chi connectivity index (χ0) is 16.5. The molecule has 0 aliphatic heterocycles. The molecule has 0 saturated heterocycles. The number of rotatable bonds is 8. The molecule has 1 atom stereocenters. The molecule has 4 heteroatoms. The highest BCUT2D eigenvalue weighted by Gasteiger charge is 2.12. The van der Waals surface area contributed by atoms with Gasteiger partial charge in [0.1, 0.15) is 5.75 Å². The lowest BCUT2D eigenvalue weighted by Crippen LogP contribution is -2.05. The van der Waals surface area contributed by atoms with Crippen molar-refractivity contribution in [3.63, 3.8) is 0 Å². The Balaban J connectivity index is 1.94. The Hall–Kier alpha value is -2.67. The van der Waals surface area contributed by atoms with Gasteiger partial charge < -0.3 is 14.2 Å². The molecule has 0 saturated carbocycles. The molecule has 0 aliphatic carbocycles. The van der Waals surface area contributed by atoms with E-state index >= 15 is 0 Å². The van der Waals surface area contributed by atoms with Gasteiger partial charge in [0.05, 0.1) is 32.3 Å². The molecule has 0 radical (unpaired) electrons. The predicted molar refractivity (Wildman–Crippen MR) is 89.1 cm³/mol. The third kappa shape index (κ3) is 4.65. The molecule has 23 heavy (non-hydrogen) atoms. The fourth-order valence-electron chi connectivity index (χ4n) is 2.27. The van der Waals surface area contributed by atoms with Crippen molar-refractivity contribution in [2.75, 3.05) is 20.3 Å². The van der Waals surface area contributed by atoms with Crippen LogP contribution in [0.4, 0.5) is 0 Å². The fraction of sp³-hybridized carbons (Fsp3) is 0.316. The molecule has 2 rings (SSSR count). The molecule has 0 spiro atoms. The molecule has 0 fully saturated rings. The Morgan fingerprint density at radius 2 is 1.65 bits per heavy atom. The maximum absolute atomic E-state index is 9.38. The summed E-state index contributed by atoms with van der Waals surface area (Å²) in [4.78, 5) is 0. The molecule has 0 N–H and O–H groups in total. The minimum absolute atomic E-state index is 0.208. The largest absolute Gasteiger partial charge is 0.497 e. The van der Waals surface area contributed by atoms with Crippen molar-refractivity contribution in [3.8, 4) is 23.3 Å². The van der Waals surface area contributed by atoms with E-state index in [0.29, 0.717) is 25.4 Å². The predicted octanol–water partition coefficient (Wildman–Crippen LogP) is 4.17. The first-order valence-corrected chi connectivity index (χ1v) is 7.66. The molecule has 0 amide bonds. The van der Waals surface area contributed by atoms with Crippen molar-refractivity contribution in [2.24, 2.45) is 0 Å². The monoisotopic (exact) mass is 311 g/mol. The van der Waals surface area contributed by atoms with Gasteiger partial charge in [0.15, 0.2) is 11.5 Å². The quantitative estimate of drug-likeness (QED) is 0.734. The average molecular weight is 311 g/mol. The summed E-state index contributed by atoms with van der Waals surface area (Å²) in [7, 11) is 1.63. The van der Waals surface area contributed by atoms with Crippen LogP contribution in [0.5, 0.6) is 17.2 Å². The summed E-state index contributed by atoms with van der Waals surface area (Å²) in [6, 6.07) is 17.5. The van der Waals surface area contributed by atoms with Gasteiger partial charge >= 0.3 is 0 Å². The van der Waals surface area contributed by atoms with E-state index in [4.69, 9.17) is 14.2 Å². The van der Waals surface area contributed by atoms with E-state index in [2.05, 4.69) is 6.07 Å². The minimum Gasteiger partial charge on any atom is -0.497 e. The summed E-state index contributed by atoms with van der Waals surface area (Å²) in [5.41, 5.74) is 0.968. The summed E-state index contributed by atoms with van der Waals surface area (Å²) in [5.74, 6) is 2.02. The minimum atomic E-state index is -0.208. The van der Waals surface area contributed by atoms with E-state index in [1.54, 1.807) is 7.11 Å². The maximum Gasteiger partial charge on any atom is 0.161 e. The van der Waals surface area contributed by atoms with E-state index in [-0.39, 0.29) is 5.92 Å². The van der Waals surface area contributed by atoms with Crippen LogP contribution in [0.3, 0.4) is 0 Å². The van der Waals surface area contributed by atoms with Gasteiger partial charge in [-0.2, -0.15) is 5.26 Å². The first-order valence-electron chi connectivity index (χ1n) is 7.66. The van der Waals surface area contributed by atoms with Gasteiger partial charge in [-0.1, -0.05) is 24.3 Å². The van der Waals surface area contributed by atoms with Crippen LogP contribution in [-0.4, -0.2) is 20.3 Å². The second-order valence-electron chi connectivity index (χ2n) is 4.97. The number of hydrogen-bond acceptors (Lipinski definition) is 4. The molecule has 0 bridgehead atoms. The molecule has 0 aliphatic rings. The molecule has 0 heterocycles. The van der Waals surface area contributed by atoms with Crippen LogP contribution in [0.2, 0.25) is 0 Å². The van der Waals surface area contributed by atoms with Crippen LogP contribution < -0.4 is 14.2 Å². The standard InChI is InChI=1S/C19H21NO3/c1-3-22-18-6-4-5-7-19(18)23-13-12-16(14-20)15-8-10-17(21-2)11-9-15/h4-11,16H,3,12-13H2,1-2H3. The van der Waals surface area contributed by atoms with Crippen molar-refractivity contribution < 1.29 is 14.2 Å². The number of methoxy groups -OCH3 is 1. The Kier molecular flexibility index (Phi) is 6.31. The maximum atomic E-state index is 9.38. The number of hydrogen-bond donors (Lipinski definition) is 0. The zero-order valence-electron chi connectivity index (χ0n) is 13.5. The van der Waals surface area contributed by atoms with Gasteiger partial charge in [-0.15, -0.1) is 0 Å². The molecular weight excluding hydrogens is 290 g/mol. The summed E-state index contributed by atoms with van der Waals surface area (Å²) >= 11 is 0. The fourth-order valence-corrected chi connectivity index (χ4v) is 2.27. The second-order valence-corrected chi connectivity index (χ2v) is 4.97. The summed E-state index contributed by atoms with van der Waals surface area (Å²) in [5, 5.41) is 9.38. The Morgan fingerprint density at radius 3 is 2.22 bits per heavy atom. The number of ether oxygens (including phenoxy) is 3. The molecule has 120 valence electrons. The zero-order valence-corrected chi connectivity index (χ0v) is 13.5. The molecule has 4 nitrogen and oxygen atoms in total. The van der Waals surface area contributed by atoms with Crippen LogP contribution in [0.25, 0.3) is 0 Å². The van der Waals surface area contributed by atoms with Crippen LogP contribution in [0.1, 0.15) is 24.8 Å². The number of nitrogens with zero attached hydrogens (tertiary/aromatic N) is 1. The summed E-state index contributed by atoms with van der Waals surface area (Å²) < 4.78 is 16.5. The average Bonchev–Trinajstić information content (AvgIpc) is 2.60. The SMILES string of the molecule is CCOc1ccccc1OCCC(C#N)c1ccc(OC)cc1. The lowest BCUT2D eigenvalue weighted by molar-refractivity contribution is 0.271.